The third-order valence-electron chi connectivity index (χ3n) is 3.11. The maximum Gasteiger partial charge on any atom is 0.192 e. The van der Waals surface area contributed by atoms with E-state index in [4.69, 9.17) is 0 Å². The van der Waals surface area contributed by atoms with E-state index in [2.05, 4.69) is 12.1 Å². The fraction of sp³-hybridized carbons (Fsp3) is 0. The normalized spacial score (nSPS) is 11.4. The highest BCUT2D eigenvalue weighted by Crippen LogP contribution is 2.47. The van der Waals surface area contributed by atoms with Crippen LogP contribution in [0.1, 0.15) is 0 Å². The van der Waals surface area contributed by atoms with Gasteiger partial charge in [0.25, 0.3) is 0 Å². The van der Waals surface area contributed by atoms with Crippen molar-refractivity contribution in [2.45, 2.75) is 9.79 Å². The van der Waals surface area contributed by atoms with E-state index in [1.807, 2.05) is 42.5 Å². The van der Waals surface area contributed by atoms with E-state index in [1.54, 1.807) is 11.3 Å². The molecule has 0 aliphatic heterocycles. The van der Waals surface area contributed by atoms with Gasteiger partial charge in [0.1, 0.15) is 0 Å². The van der Waals surface area contributed by atoms with Crippen LogP contribution in [0.5, 0.6) is 0 Å². The summed E-state index contributed by atoms with van der Waals surface area (Å²) in [6, 6.07) is 18.2. The minimum absolute atomic E-state index is 0.0779. The molecular formula is C16H9FS3. The predicted octanol–water partition coefficient (Wildman–Crippen LogP) is 6.41. The van der Waals surface area contributed by atoms with Gasteiger partial charge in [0.2, 0.25) is 0 Å². The van der Waals surface area contributed by atoms with Crippen molar-refractivity contribution >= 4 is 53.9 Å². The summed E-state index contributed by atoms with van der Waals surface area (Å²) in [5, 5.41) is 2.15. The Balaban J connectivity index is 1.95. The molecule has 0 saturated carbocycles. The molecule has 4 aromatic rings. The van der Waals surface area contributed by atoms with Gasteiger partial charge in [-0.25, -0.2) is 0 Å². The molecule has 0 aliphatic carbocycles. The van der Waals surface area contributed by atoms with E-state index in [0.717, 1.165) is 24.6 Å². The van der Waals surface area contributed by atoms with Gasteiger partial charge in [-0.05, 0) is 18.2 Å². The van der Waals surface area contributed by atoms with Gasteiger partial charge in [-0.15, -0.1) is 11.3 Å². The molecule has 0 N–H and O–H groups in total. The van der Waals surface area contributed by atoms with Crippen LogP contribution >= 0.6 is 34.4 Å². The Bertz CT molecular complexity index is 890. The fourth-order valence-corrected chi connectivity index (χ4v) is 5.80. The monoisotopic (exact) mass is 316 g/mol. The predicted molar refractivity (Wildman–Crippen MR) is 87.7 cm³/mol. The van der Waals surface area contributed by atoms with Crippen molar-refractivity contribution < 1.29 is 4.39 Å². The molecule has 0 atom stereocenters. The van der Waals surface area contributed by atoms with Crippen LogP contribution in [-0.4, -0.2) is 0 Å². The van der Waals surface area contributed by atoms with Crippen molar-refractivity contribution in [3.63, 3.8) is 0 Å². The van der Waals surface area contributed by atoms with Crippen molar-refractivity contribution in [2.24, 2.45) is 0 Å². The second-order valence-electron chi connectivity index (χ2n) is 4.38. The van der Waals surface area contributed by atoms with Crippen molar-refractivity contribution in [3.05, 3.63) is 59.7 Å². The van der Waals surface area contributed by atoms with Crippen LogP contribution < -0.4 is 0 Å². The third-order valence-corrected chi connectivity index (χ3v) is 6.58. The number of hydrogen-bond donors (Lipinski definition) is 0. The zero-order chi connectivity index (χ0) is 13.5. The summed E-state index contributed by atoms with van der Waals surface area (Å²) in [4.78, 5) is 1.83. The Labute approximate surface area is 127 Å². The second kappa shape index (κ2) is 4.88. The molecule has 0 amide bonds. The van der Waals surface area contributed by atoms with Crippen LogP contribution in [0.4, 0.5) is 4.39 Å². The van der Waals surface area contributed by atoms with Crippen LogP contribution in [-0.2, 0) is 0 Å². The highest BCUT2D eigenvalue weighted by atomic mass is 32.2. The summed E-state index contributed by atoms with van der Waals surface area (Å²) >= 11 is 4.44. The topological polar surface area (TPSA) is 0 Å². The fourth-order valence-electron chi connectivity index (χ4n) is 2.23. The van der Waals surface area contributed by atoms with E-state index in [9.17, 15) is 4.39 Å². The Morgan fingerprint density at radius 3 is 2.45 bits per heavy atom. The second-order valence-corrected chi connectivity index (χ2v) is 7.75. The van der Waals surface area contributed by atoms with Crippen LogP contribution in [0.2, 0.25) is 0 Å². The van der Waals surface area contributed by atoms with Crippen LogP contribution in [0.3, 0.4) is 0 Å². The largest absolute Gasteiger partial charge is 0.194 e. The first-order valence-electron chi connectivity index (χ1n) is 6.15. The molecule has 4 heteroatoms. The number of halogens is 1. The maximum atomic E-state index is 14.3. The lowest BCUT2D eigenvalue weighted by molar-refractivity contribution is 0.636. The van der Waals surface area contributed by atoms with Gasteiger partial charge >= 0.3 is 0 Å². The Kier molecular flexibility index (Phi) is 3.02. The summed E-state index contributed by atoms with van der Waals surface area (Å²) in [6.45, 7) is 0. The molecule has 2 aromatic carbocycles. The number of fused-ring (bicyclic) bond motifs is 3. The summed E-state index contributed by atoms with van der Waals surface area (Å²) in [5.41, 5.74) is 0. The first kappa shape index (κ1) is 12.4. The Morgan fingerprint density at radius 2 is 1.60 bits per heavy atom. The highest BCUT2D eigenvalue weighted by Gasteiger charge is 2.18. The van der Waals surface area contributed by atoms with Crippen molar-refractivity contribution in [2.75, 3.05) is 0 Å². The molecule has 0 spiro atoms. The Morgan fingerprint density at radius 1 is 0.850 bits per heavy atom. The zero-order valence-corrected chi connectivity index (χ0v) is 12.7. The molecule has 0 fully saturated rings. The van der Waals surface area contributed by atoms with Crippen molar-refractivity contribution in [1.82, 2.24) is 0 Å². The van der Waals surface area contributed by atoms with E-state index >= 15 is 0 Å². The SMILES string of the molecule is Fc1sc2sc3ccccc3c2c1Sc1ccccc1. The zero-order valence-electron chi connectivity index (χ0n) is 10.3. The third kappa shape index (κ3) is 1.95. The van der Waals surface area contributed by atoms with E-state index in [1.165, 1.54) is 27.8 Å². The molecule has 0 aliphatic rings. The van der Waals surface area contributed by atoms with Gasteiger partial charge in [-0.3, -0.25) is 0 Å². The average Bonchev–Trinajstić information content (AvgIpc) is 2.97. The van der Waals surface area contributed by atoms with Crippen molar-refractivity contribution in [3.8, 4) is 0 Å². The molecule has 98 valence electrons. The van der Waals surface area contributed by atoms with Gasteiger partial charge in [-0.2, -0.15) is 4.39 Å². The van der Waals surface area contributed by atoms with E-state index in [-0.39, 0.29) is 5.13 Å². The first-order chi connectivity index (χ1) is 9.83. The van der Waals surface area contributed by atoms with E-state index < -0.39 is 0 Å². The Hall–Kier alpha value is -1.36. The molecule has 0 bridgehead atoms. The summed E-state index contributed by atoms with van der Waals surface area (Å²) in [6.07, 6.45) is 0. The number of thiophene rings is 2. The molecule has 4 rings (SSSR count). The maximum absolute atomic E-state index is 14.3. The average molecular weight is 316 g/mol. The summed E-state index contributed by atoms with van der Waals surface area (Å²) in [5.74, 6) is 0. The standard InChI is InChI=1S/C16H9FS3/c17-15-14(18-10-6-2-1-3-7-10)13-11-8-4-5-9-12(11)19-16(13)20-15/h1-9H. The lowest BCUT2D eigenvalue weighted by Crippen LogP contribution is -1.74. The molecule has 0 unspecified atom stereocenters. The summed E-state index contributed by atoms with van der Waals surface area (Å²) in [7, 11) is 0. The quantitative estimate of drug-likeness (QED) is 0.412. The van der Waals surface area contributed by atoms with Crippen LogP contribution in [0, 0.1) is 5.13 Å². The number of hydrogen-bond acceptors (Lipinski definition) is 3. The smallest absolute Gasteiger partial charge is 0.192 e. The van der Waals surface area contributed by atoms with Gasteiger partial charge in [0, 0.05) is 20.4 Å². The van der Waals surface area contributed by atoms with Gasteiger partial charge in [-0.1, -0.05) is 59.5 Å². The van der Waals surface area contributed by atoms with Gasteiger partial charge < -0.3 is 0 Å². The molecule has 2 heterocycles. The van der Waals surface area contributed by atoms with E-state index in [0.29, 0.717) is 0 Å². The first-order valence-corrected chi connectivity index (χ1v) is 8.60. The molecule has 0 nitrogen and oxygen atoms in total. The minimum atomic E-state index is -0.0779. The van der Waals surface area contributed by atoms with Crippen LogP contribution in [0.25, 0.3) is 19.5 Å². The molecule has 2 aromatic heterocycles. The number of benzene rings is 2. The lowest BCUT2D eigenvalue weighted by Gasteiger charge is -2.00. The molecule has 0 radical (unpaired) electrons. The molecule has 20 heavy (non-hydrogen) atoms. The minimum Gasteiger partial charge on any atom is -0.194 e. The van der Waals surface area contributed by atoms with Gasteiger partial charge in [0.05, 0.1) is 8.91 Å². The lowest BCUT2D eigenvalue weighted by atomic mass is 10.2. The van der Waals surface area contributed by atoms with Crippen LogP contribution in [0.15, 0.2) is 64.4 Å². The summed E-state index contributed by atoms with van der Waals surface area (Å²) < 4.78 is 16.6. The number of rotatable bonds is 2. The van der Waals surface area contributed by atoms with Gasteiger partial charge in [0.15, 0.2) is 5.13 Å². The molecule has 0 saturated heterocycles. The highest BCUT2D eigenvalue weighted by molar-refractivity contribution is 7.99. The molecular weight excluding hydrogens is 307 g/mol. The van der Waals surface area contributed by atoms with Crippen molar-refractivity contribution in [1.29, 1.82) is 0 Å².